The molecule has 4 aromatic heterocycles. The third kappa shape index (κ3) is 3.30. The number of carbonyl (C=O) groups is 1. The summed E-state index contributed by atoms with van der Waals surface area (Å²) in [5.74, 6) is -0.101. The minimum atomic E-state index is -1.04. The largest absolute Gasteiger partial charge is 0.478 e. The van der Waals surface area contributed by atoms with Crippen molar-refractivity contribution in [1.82, 2.24) is 29.7 Å². The van der Waals surface area contributed by atoms with E-state index < -0.39 is 5.97 Å². The van der Waals surface area contributed by atoms with Gasteiger partial charge in [0.25, 0.3) is 0 Å². The SMILES string of the molecule is Cc1ncc(C(=O)O)cc1Nc1nn(C)c2nc(Nc3ccncc3)ncc12. The van der Waals surface area contributed by atoms with Gasteiger partial charge in [-0.1, -0.05) is 0 Å². The minimum absolute atomic E-state index is 0.0911. The lowest BCUT2D eigenvalue weighted by atomic mass is 10.2. The van der Waals surface area contributed by atoms with Crippen LogP contribution in [0.3, 0.4) is 0 Å². The van der Waals surface area contributed by atoms with Gasteiger partial charge in [-0.3, -0.25) is 9.97 Å². The van der Waals surface area contributed by atoms with Gasteiger partial charge in [0.15, 0.2) is 11.5 Å². The number of nitrogens with zero attached hydrogens (tertiary/aromatic N) is 6. The van der Waals surface area contributed by atoms with Gasteiger partial charge in [0, 0.05) is 37.5 Å². The third-order valence-electron chi connectivity index (χ3n) is 4.10. The Morgan fingerprint density at radius 3 is 2.68 bits per heavy atom. The normalized spacial score (nSPS) is 10.8. The molecule has 0 bridgehead atoms. The predicted molar refractivity (Wildman–Crippen MR) is 103 cm³/mol. The fourth-order valence-corrected chi connectivity index (χ4v) is 2.66. The zero-order valence-corrected chi connectivity index (χ0v) is 15.1. The molecule has 0 saturated heterocycles. The number of carboxylic acids is 1. The zero-order chi connectivity index (χ0) is 19.7. The summed E-state index contributed by atoms with van der Waals surface area (Å²) in [4.78, 5) is 28.1. The Kier molecular flexibility index (Phi) is 4.28. The first-order chi connectivity index (χ1) is 13.5. The number of hydrogen-bond donors (Lipinski definition) is 3. The highest BCUT2D eigenvalue weighted by Crippen LogP contribution is 2.26. The maximum absolute atomic E-state index is 11.2. The van der Waals surface area contributed by atoms with Gasteiger partial charge in [0.1, 0.15) is 0 Å². The number of aromatic carboxylic acids is 1. The smallest absolute Gasteiger partial charge is 0.337 e. The monoisotopic (exact) mass is 376 g/mol. The van der Waals surface area contributed by atoms with Crippen LogP contribution in [0, 0.1) is 6.92 Å². The average molecular weight is 376 g/mol. The van der Waals surface area contributed by atoms with Crippen LogP contribution in [0.5, 0.6) is 0 Å². The van der Waals surface area contributed by atoms with Crippen LogP contribution < -0.4 is 10.6 Å². The van der Waals surface area contributed by atoms with E-state index in [-0.39, 0.29) is 5.56 Å². The highest BCUT2D eigenvalue weighted by Gasteiger charge is 2.14. The van der Waals surface area contributed by atoms with E-state index in [1.54, 1.807) is 37.2 Å². The summed E-state index contributed by atoms with van der Waals surface area (Å²) in [6, 6.07) is 5.15. The fourth-order valence-electron chi connectivity index (χ4n) is 2.66. The number of hydrogen-bond acceptors (Lipinski definition) is 8. The second kappa shape index (κ2) is 6.91. The van der Waals surface area contributed by atoms with Crippen molar-refractivity contribution in [1.29, 1.82) is 0 Å². The van der Waals surface area contributed by atoms with E-state index in [9.17, 15) is 9.90 Å². The number of fused-ring (bicyclic) bond motifs is 1. The van der Waals surface area contributed by atoms with E-state index in [1.807, 2.05) is 12.1 Å². The van der Waals surface area contributed by atoms with Crippen molar-refractivity contribution in [3.63, 3.8) is 0 Å². The summed E-state index contributed by atoms with van der Waals surface area (Å²) >= 11 is 0. The Morgan fingerprint density at radius 2 is 1.93 bits per heavy atom. The number of anilines is 4. The Balaban J connectivity index is 1.68. The van der Waals surface area contributed by atoms with Crippen molar-refractivity contribution in [2.45, 2.75) is 6.92 Å². The summed E-state index contributed by atoms with van der Waals surface area (Å²) in [7, 11) is 1.77. The van der Waals surface area contributed by atoms with Crippen LogP contribution in [0.25, 0.3) is 11.0 Å². The standard InChI is InChI=1S/C18H16N8O2/c1-10-14(7-11(8-20-10)17(27)28)23-15-13-9-21-18(24-16(13)26(2)25-15)22-12-3-5-19-6-4-12/h3-9H,1-2H3,(H,23,25)(H,27,28)(H,19,21,22,24). The molecule has 0 radical (unpaired) electrons. The number of pyridine rings is 2. The molecule has 0 aliphatic heterocycles. The topological polar surface area (TPSA) is 131 Å². The molecule has 0 aromatic carbocycles. The van der Waals surface area contributed by atoms with Gasteiger partial charge in [0.05, 0.1) is 22.3 Å². The first kappa shape index (κ1) is 17.3. The number of nitrogens with one attached hydrogen (secondary N) is 2. The molecule has 4 heterocycles. The molecule has 0 aliphatic rings. The first-order valence-electron chi connectivity index (χ1n) is 8.35. The molecular formula is C18H16N8O2. The molecular weight excluding hydrogens is 360 g/mol. The number of carboxylic acid groups (broad SMARTS) is 1. The molecule has 10 heteroatoms. The van der Waals surface area contributed by atoms with Crippen molar-refractivity contribution >= 4 is 40.1 Å². The Bertz CT molecular complexity index is 1170. The van der Waals surface area contributed by atoms with Crippen molar-refractivity contribution < 1.29 is 9.90 Å². The maximum atomic E-state index is 11.2. The summed E-state index contributed by atoms with van der Waals surface area (Å²) in [6.07, 6.45) is 6.33. The average Bonchev–Trinajstić information content (AvgIpc) is 2.99. The van der Waals surface area contributed by atoms with Gasteiger partial charge in [0.2, 0.25) is 5.95 Å². The summed E-state index contributed by atoms with van der Waals surface area (Å²) in [5, 5.41) is 20.6. The highest BCUT2D eigenvalue weighted by atomic mass is 16.4. The Morgan fingerprint density at radius 1 is 1.14 bits per heavy atom. The third-order valence-corrected chi connectivity index (χ3v) is 4.10. The highest BCUT2D eigenvalue weighted by molar-refractivity contribution is 5.92. The molecule has 0 aliphatic carbocycles. The van der Waals surface area contributed by atoms with Crippen LogP contribution in [-0.2, 0) is 7.05 Å². The van der Waals surface area contributed by atoms with Crippen molar-refractivity contribution in [3.8, 4) is 0 Å². The van der Waals surface area contributed by atoms with Crippen LogP contribution >= 0.6 is 0 Å². The van der Waals surface area contributed by atoms with E-state index >= 15 is 0 Å². The quantitative estimate of drug-likeness (QED) is 0.481. The summed E-state index contributed by atoms with van der Waals surface area (Å²) < 4.78 is 1.63. The molecule has 0 fully saturated rings. The molecule has 4 rings (SSSR count). The van der Waals surface area contributed by atoms with E-state index in [0.29, 0.717) is 34.2 Å². The number of aryl methyl sites for hydroxylation is 2. The molecule has 0 unspecified atom stereocenters. The molecule has 0 saturated carbocycles. The Hall–Kier alpha value is -4.08. The lowest BCUT2D eigenvalue weighted by Gasteiger charge is -2.08. The van der Waals surface area contributed by atoms with Crippen LogP contribution in [0.4, 0.5) is 23.1 Å². The van der Waals surface area contributed by atoms with Crippen LogP contribution in [0.15, 0.2) is 43.0 Å². The van der Waals surface area contributed by atoms with E-state index in [1.165, 1.54) is 12.3 Å². The predicted octanol–water partition coefficient (Wildman–Crippen LogP) is 2.65. The van der Waals surface area contributed by atoms with Gasteiger partial charge >= 0.3 is 5.97 Å². The number of aromatic nitrogens is 6. The molecule has 3 N–H and O–H groups in total. The summed E-state index contributed by atoms with van der Waals surface area (Å²) in [6.45, 7) is 1.78. The van der Waals surface area contributed by atoms with Gasteiger partial charge in [-0.05, 0) is 25.1 Å². The van der Waals surface area contributed by atoms with Gasteiger partial charge in [-0.15, -0.1) is 0 Å². The lowest BCUT2D eigenvalue weighted by molar-refractivity contribution is 0.0696. The zero-order valence-electron chi connectivity index (χ0n) is 15.1. The van der Waals surface area contributed by atoms with Crippen LogP contribution in [-0.4, -0.2) is 40.8 Å². The second-order valence-corrected chi connectivity index (χ2v) is 6.05. The molecule has 10 nitrogen and oxygen atoms in total. The van der Waals surface area contributed by atoms with Crippen LogP contribution in [0.2, 0.25) is 0 Å². The fraction of sp³-hybridized carbons (Fsp3) is 0.111. The van der Waals surface area contributed by atoms with Gasteiger partial charge in [-0.25, -0.2) is 14.5 Å². The molecule has 4 aromatic rings. The number of rotatable bonds is 5. The maximum Gasteiger partial charge on any atom is 0.337 e. The van der Waals surface area contributed by atoms with Crippen molar-refractivity contribution in [3.05, 3.63) is 54.2 Å². The molecule has 140 valence electrons. The van der Waals surface area contributed by atoms with E-state index in [2.05, 4.69) is 35.7 Å². The minimum Gasteiger partial charge on any atom is -0.478 e. The molecule has 0 atom stereocenters. The van der Waals surface area contributed by atoms with E-state index in [0.717, 1.165) is 5.69 Å². The van der Waals surface area contributed by atoms with Gasteiger partial charge < -0.3 is 15.7 Å². The Labute approximate surface area is 159 Å². The van der Waals surface area contributed by atoms with E-state index in [4.69, 9.17) is 0 Å². The summed E-state index contributed by atoms with van der Waals surface area (Å²) in [5.41, 5.74) is 2.74. The van der Waals surface area contributed by atoms with Crippen molar-refractivity contribution in [2.75, 3.05) is 10.6 Å². The van der Waals surface area contributed by atoms with Crippen LogP contribution in [0.1, 0.15) is 16.1 Å². The first-order valence-corrected chi connectivity index (χ1v) is 8.35. The lowest BCUT2D eigenvalue weighted by Crippen LogP contribution is -2.02. The van der Waals surface area contributed by atoms with Gasteiger partial charge in [-0.2, -0.15) is 10.1 Å². The van der Waals surface area contributed by atoms with Crippen molar-refractivity contribution in [2.24, 2.45) is 7.05 Å². The molecule has 0 spiro atoms. The molecule has 28 heavy (non-hydrogen) atoms. The second-order valence-electron chi connectivity index (χ2n) is 6.05. The molecule has 0 amide bonds.